The molecular formula is C14H19FN6O2S. The lowest BCUT2D eigenvalue weighted by Gasteiger charge is -2.32. The van der Waals surface area contributed by atoms with Gasteiger partial charge in [0, 0.05) is 29.8 Å². The molecule has 1 heterocycles. The number of sulfonamides is 1. The molecule has 130 valence electrons. The van der Waals surface area contributed by atoms with Crippen molar-refractivity contribution in [3.8, 4) is 0 Å². The molecule has 0 aliphatic carbocycles. The highest BCUT2D eigenvalue weighted by molar-refractivity contribution is 7.91. The SMILES string of the molecule is CN1C[C@@](C)(c2cc(N=[N+]=[N-])ccc2F)NC(=N)C(C)(C)S1(=O)=O. The first-order valence-corrected chi connectivity index (χ1v) is 8.58. The maximum absolute atomic E-state index is 14.4. The molecule has 8 nitrogen and oxygen atoms in total. The molecular weight excluding hydrogens is 335 g/mol. The second kappa shape index (κ2) is 5.73. The van der Waals surface area contributed by atoms with E-state index >= 15 is 0 Å². The molecule has 10 heteroatoms. The Morgan fingerprint density at radius 1 is 1.42 bits per heavy atom. The van der Waals surface area contributed by atoms with Crippen LogP contribution < -0.4 is 5.32 Å². The Labute approximate surface area is 139 Å². The molecule has 1 aliphatic heterocycles. The molecule has 1 saturated heterocycles. The predicted molar refractivity (Wildman–Crippen MR) is 89.0 cm³/mol. The molecule has 0 radical (unpaired) electrons. The van der Waals surface area contributed by atoms with E-state index in [1.165, 1.54) is 33.0 Å². The summed E-state index contributed by atoms with van der Waals surface area (Å²) in [6, 6.07) is 3.84. The van der Waals surface area contributed by atoms with Gasteiger partial charge in [-0.15, -0.1) is 0 Å². The summed E-state index contributed by atoms with van der Waals surface area (Å²) in [5, 5.41) is 14.5. The Morgan fingerprint density at radius 3 is 2.62 bits per heavy atom. The summed E-state index contributed by atoms with van der Waals surface area (Å²) in [6.07, 6.45) is 0. The van der Waals surface area contributed by atoms with Crippen LogP contribution in [0, 0.1) is 11.2 Å². The largest absolute Gasteiger partial charge is 0.362 e. The maximum Gasteiger partial charge on any atom is 0.226 e. The lowest BCUT2D eigenvalue weighted by atomic mass is 9.90. The first-order valence-electron chi connectivity index (χ1n) is 7.14. The fourth-order valence-electron chi connectivity index (χ4n) is 2.72. The van der Waals surface area contributed by atoms with Crippen LogP contribution in [0.4, 0.5) is 10.1 Å². The molecule has 0 bridgehead atoms. The Bertz CT molecular complexity index is 847. The fourth-order valence-corrected chi connectivity index (χ4v) is 4.23. The zero-order chi connectivity index (χ0) is 18.3. The number of benzene rings is 1. The van der Waals surface area contributed by atoms with Gasteiger partial charge in [-0.05, 0) is 44.5 Å². The van der Waals surface area contributed by atoms with Crippen LogP contribution in [0.5, 0.6) is 0 Å². The molecule has 0 amide bonds. The van der Waals surface area contributed by atoms with Gasteiger partial charge >= 0.3 is 0 Å². The Kier molecular flexibility index (Phi) is 4.34. The highest BCUT2D eigenvalue weighted by Crippen LogP contribution is 2.34. The zero-order valence-corrected chi connectivity index (χ0v) is 14.6. The van der Waals surface area contributed by atoms with Gasteiger partial charge in [0.25, 0.3) is 0 Å². The van der Waals surface area contributed by atoms with Crippen molar-refractivity contribution in [3.05, 3.63) is 40.0 Å². The number of likely N-dealkylation sites (N-methyl/N-ethyl adjacent to an activating group) is 1. The average Bonchev–Trinajstić information content (AvgIpc) is 2.52. The van der Waals surface area contributed by atoms with Crippen LogP contribution in [0.15, 0.2) is 23.3 Å². The van der Waals surface area contributed by atoms with E-state index in [1.54, 1.807) is 6.92 Å². The van der Waals surface area contributed by atoms with Crippen molar-refractivity contribution in [1.29, 1.82) is 5.41 Å². The number of azide groups is 1. The van der Waals surface area contributed by atoms with E-state index in [2.05, 4.69) is 15.3 Å². The van der Waals surface area contributed by atoms with Crippen molar-refractivity contribution in [1.82, 2.24) is 9.62 Å². The molecule has 2 rings (SSSR count). The molecule has 1 aliphatic rings. The van der Waals surface area contributed by atoms with Crippen molar-refractivity contribution in [2.75, 3.05) is 13.6 Å². The molecule has 1 atom stereocenters. The van der Waals surface area contributed by atoms with Crippen LogP contribution >= 0.6 is 0 Å². The first kappa shape index (κ1) is 18.2. The van der Waals surface area contributed by atoms with Gasteiger partial charge in [0.1, 0.15) is 16.4 Å². The standard InChI is InChI=1S/C14H19FN6O2S/c1-13(2)12(16)18-14(3,8-21(4)24(13,22)23)10-7-9(19-20-17)5-6-11(10)15/h5-7H,8H2,1-4H3,(H2,16,18)/t14-/m0/s1. The summed E-state index contributed by atoms with van der Waals surface area (Å²) in [5.74, 6) is -0.817. The molecule has 0 aromatic heterocycles. The average molecular weight is 354 g/mol. The van der Waals surface area contributed by atoms with Crippen LogP contribution in [0.25, 0.3) is 10.4 Å². The Balaban J connectivity index is 2.64. The van der Waals surface area contributed by atoms with E-state index < -0.39 is 26.1 Å². The summed E-state index contributed by atoms with van der Waals surface area (Å²) in [6.45, 7) is 4.37. The molecule has 0 unspecified atom stereocenters. The minimum atomic E-state index is -3.80. The minimum Gasteiger partial charge on any atom is -0.362 e. The molecule has 2 N–H and O–H groups in total. The van der Waals surface area contributed by atoms with Crippen LogP contribution in [0.3, 0.4) is 0 Å². The second-order valence-electron chi connectivity index (χ2n) is 6.46. The second-order valence-corrected chi connectivity index (χ2v) is 9.05. The summed E-state index contributed by atoms with van der Waals surface area (Å²) in [4.78, 5) is 2.67. The molecule has 0 spiro atoms. The lowest BCUT2D eigenvalue weighted by Crippen LogP contribution is -2.51. The number of nitrogens with one attached hydrogen (secondary N) is 2. The van der Waals surface area contributed by atoms with Crippen LogP contribution in [-0.2, 0) is 15.6 Å². The first-order chi connectivity index (χ1) is 11.0. The van der Waals surface area contributed by atoms with Crippen LogP contribution in [0.2, 0.25) is 0 Å². The smallest absolute Gasteiger partial charge is 0.226 e. The van der Waals surface area contributed by atoms with Gasteiger partial charge in [0.15, 0.2) is 0 Å². The summed E-state index contributed by atoms with van der Waals surface area (Å²) >= 11 is 0. The lowest BCUT2D eigenvalue weighted by molar-refractivity contribution is 0.327. The van der Waals surface area contributed by atoms with Crippen molar-refractivity contribution in [2.45, 2.75) is 31.1 Å². The van der Waals surface area contributed by atoms with Gasteiger partial charge in [0.2, 0.25) is 10.0 Å². The monoisotopic (exact) mass is 354 g/mol. The predicted octanol–water partition coefficient (Wildman–Crippen LogP) is 2.60. The topological polar surface area (TPSA) is 122 Å². The fraction of sp³-hybridized carbons (Fsp3) is 0.500. The van der Waals surface area contributed by atoms with E-state index in [0.29, 0.717) is 0 Å². The Hall–Kier alpha value is -2.16. The van der Waals surface area contributed by atoms with Crippen LogP contribution in [0.1, 0.15) is 26.3 Å². The number of amidine groups is 1. The number of hydrogen-bond acceptors (Lipinski definition) is 4. The van der Waals surface area contributed by atoms with E-state index in [0.717, 1.165) is 10.4 Å². The summed E-state index contributed by atoms with van der Waals surface area (Å²) in [7, 11) is -2.40. The van der Waals surface area contributed by atoms with E-state index in [9.17, 15) is 12.8 Å². The van der Waals surface area contributed by atoms with Crippen molar-refractivity contribution in [3.63, 3.8) is 0 Å². The molecule has 0 saturated carbocycles. The van der Waals surface area contributed by atoms with Gasteiger partial charge in [0.05, 0.1) is 5.54 Å². The maximum atomic E-state index is 14.4. The van der Waals surface area contributed by atoms with Crippen LogP contribution in [-0.4, -0.2) is 36.9 Å². The number of halogens is 1. The van der Waals surface area contributed by atoms with Gasteiger partial charge in [-0.3, -0.25) is 5.41 Å². The highest BCUT2D eigenvalue weighted by Gasteiger charge is 2.49. The summed E-state index contributed by atoms with van der Waals surface area (Å²) in [5.41, 5.74) is 7.68. The third-order valence-corrected chi connectivity index (χ3v) is 6.75. The quantitative estimate of drug-likeness (QED) is 0.482. The number of hydrogen-bond donors (Lipinski definition) is 2. The number of rotatable bonds is 2. The number of nitrogens with zero attached hydrogens (tertiary/aromatic N) is 4. The van der Waals surface area contributed by atoms with E-state index in [4.69, 9.17) is 10.9 Å². The molecule has 1 aromatic carbocycles. The van der Waals surface area contributed by atoms with Gasteiger partial charge < -0.3 is 5.32 Å². The van der Waals surface area contributed by atoms with E-state index in [-0.39, 0.29) is 23.6 Å². The third kappa shape index (κ3) is 2.72. The molecule has 1 fully saturated rings. The van der Waals surface area contributed by atoms with Gasteiger partial charge in [-0.2, -0.15) is 0 Å². The Morgan fingerprint density at radius 2 is 2.04 bits per heavy atom. The zero-order valence-electron chi connectivity index (χ0n) is 13.8. The molecule has 24 heavy (non-hydrogen) atoms. The normalized spacial score (nSPS) is 26.1. The van der Waals surface area contributed by atoms with Crippen molar-refractivity contribution in [2.24, 2.45) is 5.11 Å². The third-order valence-electron chi connectivity index (χ3n) is 4.30. The highest BCUT2D eigenvalue weighted by atomic mass is 32.2. The molecule has 1 aromatic rings. The van der Waals surface area contributed by atoms with E-state index in [1.807, 2.05) is 0 Å². The minimum absolute atomic E-state index is 0.0855. The van der Waals surface area contributed by atoms with Gasteiger partial charge in [-0.25, -0.2) is 17.1 Å². The van der Waals surface area contributed by atoms with Gasteiger partial charge in [-0.1, -0.05) is 5.11 Å². The van der Waals surface area contributed by atoms with Crippen molar-refractivity contribution >= 4 is 21.5 Å². The summed E-state index contributed by atoms with van der Waals surface area (Å²) < 4.78 is 39.3. The van der Waals surface area contributed by atoms with Crippen molar-refractivity contribution < 1.29 is 12.8 Å².